The molecule has 0 aromatic rings. The Morgan fingerprint density at radius 3 is 2.50 bits per heavy atom. The molecule has 0 radical (unpaired) electrons. The third-order valence-electron chi connectivity index (χ3n) is 4.50. The number of amides is 2. The molecule has 1 N–H and O–H groups in total. The average molecular weight is 281 g/mol. The molecule has 3 aliphatic rings. The Kier molecular flexibility index (Phi) is 4.21. The fourth-order valence-corrected chi connectivity index (χ4v) is 3.38. The van der Waals surface area contributed by atoms with Crippen molar-refractivity contribution in [2.45, 2.75) is 37.8 Å². The molecule has 0 aliphatic carbocycles. The normalized spacial score (nSPS) is 30.8. The van der Waals surface area contributed by atoms with Crippen LogP contribution in [-0.2, 0) is 14.3 Å². The molecule has 3 heterocycles. The lowest BCUT2D eigenvalue weighted by Crippen LogP contribution is -2.53. The van der Waals surface area contributed by atoms with Crippen molar-refractivity contribution in [1.29, 1.82) is 0 Å². The lowest BCUT2D eigenvalue weighted by molar-refractivity contribution is -0.147. The van der Waals surface area contributed by atoms with Crippen molar-refractivity contribution in [3.05, 3.63) is 0 Å². The number of carbonyl (C=O) groups excluding carboxylic acids is 2. The van der Waals surface area contributed by atoms with Crippen LogP contribution in [0.15, 0.2) is 0 Å². The van der Waals surface area contributed by atoms with Crippen molar-refractivity contribution >= 4 is 11.8 Å². The van der Waals surface area contributed by atoms with Gasteiger partial charge in [-0.2, -0.15) is 0 Å². The number of hydrogen-bond acceptors (Lipinski definition) is 4. The van der Waals surface area contributed by atoms with Gasteiger partial charge in [-0.1, -0.05) is 0 Å². The van der Waals surface area contributed by atoms with Crippen molar-refractivity contribution in [1.82, 2.24) is 15.1 Å². The van der Waals surface area contributed by atoms with E-state index in [-0.39, 0.29) is 23.9 Å². The molecule has 2 unspecified atom stereocenters. The van der Waals surface area contributed by atoms with E-state index < -0.39 is 0 Å². The molecule has 0 bridgehead atoms. The molecular weight excluding hydrogens is 258 g/mol. The number of nitrogens with one attached hydrogen (secondary N) is 1. The van der Waals surface area contributed by atoms with Gasteiger partial charge in [-0.05, 0) is 32.2 Å². The highest BCUT2D eigenvalue weighted by molar-refractivity contribution is 5.90. The van der Waals surface area contributed by atoms with Gasteiger partial charge in [0.15, 0.2) is 0 Å². The standard InChI is InChI=1S/C14H23N3O3/c18-13(11-3-1-5-15-11)17-6-2-4-12(17)14(19)16-7-9-20-10-8-16/h11-12,15H,1-10H2. The van der Waals surface area contributed by atoms with Crippen molar-refractivity contribution < 1.29 is 14.3 Å². The van der Waals surface area contributed by atoms with E-state index in [0.717, 1.165) is 38.8 Å². The summed E-state index contributed by atoms with van der Waals surface area (Å²) < 4.78 is 5.28. The Morgan fingerprint density at radius 2 is 1.80 bits per heavy atom. The van der Waals surface area contributed by atoms with E-state index in [0.29, 0.717) is 26.3 Å². The largest absolute Gasteiger partial charge is 0.378 e. The maximum Gasteiger partial charge on any atom is 0.245 e. The molecule has 0 spiro atoms. The predicted octanol–water partition coefficient (Wildman–Crippen LogP) is -0.412. The first-order valence-electron chi connectivity index (χ1n) is 7.68. The maximum atomic E-state index is 12.6. The zero-order valence-electron chi connectivity index (χ0n) is 11.8. The van der Waals surface area contributed by atoms with Crippen LogP contribution >= 0.6 is 0 Å². The Balaban J connectivity index is 1.65. The Morgan fingerprint density at radius 1 is 1.00 bits per heavy atom. The third-order valence-corrected chi connectivity index (χ3v) is 4.50. The zero-order chi connectivity index (χ0) is 13.9. The smallest absolute Gasteiger partial charge is 0.245 e. The molecule has 3 fully saturated rings. The first-order valence-corrected chi connectivity index (χ1v) is 7.68. The number of carbonyl (C=O) groups is 2. The van der Waals surface area contributed by atoms with Gasteiger partial charge in [-0.25, -0.2) is 0 Å². The number of hydrogen-bond donors (Lipinski definition) is 1. The van der Waals surface area contributed by atoms with Crippen LogP contribution in [0.4, 0.5) is 0 Å². The highest BCUT2D eigenvalue weighted by atomic mass is 16.5. The van der Waals surface area contributed by atoms with E-state index in [9.17, 15) is 9.59 Å². The van der Waals surface area contributed by atoms with Gasteiger partial charge in [0.2, 0.25) is 11.8 Å². The Labute approximate surface area is 119 Å². The molecule has 0 aromatic carbocycles. The summed E-state index contributed by atoms with van der Waals surface area (Å²) in [5.74, 6) is 0.226. The van der Waals surface area contributed by atoms with E-state index in [1.807, 2.05) is 4.90 Å². The fraction of sp³-hybridized carbons (Fsp3) is 0.857. The summed E-state index contributed by atoms with van der Waals surface area (Å²) in [5.41, 5.74) is 0. The van der Waals surface area contributed by atoms with Gasteiger partial charge < -0.3 is 19.9 Å². The Bertz CT molecular complexity index is 376. The van der Waals surface area contributed by atoms with Gasteiger partial charge in [0.1, 0.15) is 6.04 Å². The number of rotatable bonds is 2. The lowest BCUT2D eigenvalue weighted by Gasteiger charge is -2.33. The van der Waals surface area contributed by atoms with Crippen LogP contribution in [0.25, 0.3) is 0 Å². The molecule has 6 nitrogen and oxygen atoms in total. The third kappa shape index (κ3) is 2.67. The monoisotopic (exact) mass is 281 g/mol. The van der Waals surface area contributed by atoms with Crippen LogP contribution in [0.2, 0.25) is 0 Å². The average Bonchev–Trinajstić information content (AvgIpc) is 3.18. The van der Waals surface area contributed by atoms with Crippen molar-refractivity contribution in [3.63, 3.8) is 0 Å². The number of ether oxygens (including phenoxy) is 1. The van der Waals surface area contributed by atoms with Gasteiger partial charge in [0.05, 0.1) is 19.3 Å². The van der Waals surface area contributed by atoms with Gasteiger partial charge in [0.25, 0.3) is 0 Å². The topological polar surface area (TPSA) is 61.9 Å². The molecule has 3 saturated heterocycles. The van der Waals surface area contributed by atoms with Crippen LogP contribution < -0.4 is 5.32 Å². The second kappa shape index (κ2) is 6.10. The summed E-state index contributed by atoms with van der Waals surface area (Å²) in [6.07, 6.45) is 3.67. The molecule has 112 valence electrons. The molecule has 0 aromatic heterocycles. The van der Waals surface area contributed by atoms with Crippen LogP contribution in [0.1, 0.15) is 25.7 Å². The minimum absolute atomic E-state index is 0.0758. The van der Waals surface area contributed by atoms with Crippen molar-refractivity contribution in [2.24, 2.45) is 0 Å². The second-order valence-corrected chi connectivity index (χ2v) is 5.78. The first kappa shape index (κ1) is 13.8. The second-order valence-electron chi connectivity index (χ2n) is 5.78. The van der Waals surface area contributed by atoms with Gasteiger partial charge in [-0.3, -0.25) is 9.59 Å². The van der Waals surface area contributed by atoms with Gasteiger partial charge >= 0.3 is 0 Å². The number of morpholine rings is 1. The molecule has 3 aliphatic heterocycles. The summed E-state index contributed by atoms with van der Waals surface area (Å²) in [6.45, 7) is 4.15. The van der Waals surface area contributed by atoms with E-state index in [4.69, 9.17) is 4.74 Å². The lowest BCUT2D eigenvalue weighted by atomic mass is 10.1. The van der Waals surface area contributed by atoms with E-state index >= 15 is 0 Å². The maximum absolute atomic E-state index is 12.6. The van der Waals surface area contributed by atoms with Crippen molar-refractivity contribution in [2.75, 3.05) is 39.4 Å². The van der Waals surface area contributed by atoms with E-state index in [1.165, 1.54) is 0 Å². The Hall–Kier alpha value is -1.14. The molecule has 0 saturated carbocycles. The molecule has 6 heteroatoms. The summed E-state index contributed by atoms with van der Waals surface area (Å²) in [7, 11) is 0. The van der Waals surface area contributed by atoms with Crippen LogP contribution in [0.5, 0.6) is 0 Å². The molecule has 3 rings (SSSR count). The molecule has 2 amide bonds. The predicted molar refractivity (Wildman–Crippen MR) is 73.2 cm³/mol. The minimum Gasteiger partial charge on any atom is -0.378 e. The highest BCUT2D eigenvalue weighted by Crippen LogP contribution is 2.22. The minimum atomic E-state index is -0.247. The number of likely N-dealkylation sites (tertiary alicyclic amines) is 1. The summed E-state index contributed by atoms with van der Waals surface area (Å²) in [6, 6.07) is -0.323. The number of nitrogens with zero attached hydrogens (tertiary/aromatic N) is 2. The highest BCUT2D eigenvalue weighted by Gasteiger charge is 2.39. The van der Waals surface area contributed by atoms with Crippen molar-refractivity contribution in [3.8, 4) is 0 Å². The zero-order valence-corrected chi connectivity index (χ0v) is 11.8. The quantitative estimate of drug-likeness (QED) is 0.747. The summed E-state index contributed by atoms with van der Waals surface area (Å²) in [5, 5.41) is 3.24. The summed E-state index contributed by atoms with van der Waals surface area (Å²) >= 11 is 0. The van der Waals surface area contributed by atoms with Crippen LogP contribution in [0.3, 0.4) is 0 Å². The first-order chi connectivity index (χ1) is 9.77. The van der Waals surface area contributed by atoms with E-state index in [1.54, 1.807) is 4.90 Å². The molecule has 2 atom stereocenters. The van der Waals surface area contributed by atoms with Gasteiger partial charge in [0, 0.05) is 19.6 Å². The van der Waals surface area contributed by atoms with Crippen LogP contribution in [0, 0.1) is 0 Å². The van der Waals surface area contributed by atoms with Crippen LogP contribution in [-0.4, -0.2) is 73.1 Å². The van der Waals surface area contributed by atoms with E-state index in [2.05, 4.69) is 5.32 Å². The molecule has 20 heavy (non-hydrogen) atoms. The SMILES string of the molecule is O=C(C1CCCN1C(=O)C1CCCN1)N1CCOCC1. The fourth-order valence-electron chi connectivity index (χ4n) is 3.38. The summed E-state index contributed by atoms with van der Waals surface area (Å²) in [4.78, 5) is 28.8. The van der Waals surface area contributed by atoms with Gasteiger partial charge in [-0.15, -0.1) is 0 Å². The molecular formula is C14H23N3O3.